The van der Waals surface area contributed by atoms with E-state index in [0.29, 0.717) is 16.5 Å². The molecule has 1 N–H and O–H groups in total. The van der Waals surface area contributed by atoms with Crippen LogP contribution in [0.25, 0.3) is 6.08 Å². The summed E-state index contributed by atoms with van der Waals surface area (Å²) < 4.78 is 0. The molecule has 0 radical (unpaired) electrons. The number of aliphatic hydroxyl groups is 1. The molecule has 0 unspecified atom stereocenters. The summed E-state index contributed by atoms with van der Waals surface area (Å²) in [6.07, 6.45) is 7.00. The highest BCUT2D eigenvalue weighted by molar-refractivity contribution is 7.14. The van der Waals surface area contributed by atoms with Gasteiger partial charge in [0.2, 0.25) is 0 Å². The van der Waals surface area contributed by atoms with Crippen molar-refractivity contribution in [3.8, 4) is 0 Å². The van der Waals surface area contributed by atoms with E-state index in [4.69, 9.17) is 34.8 Å². The lowest BCUT2D eigenvalue weighted by atomic mass is 9.89. The summed E-state index contributed by atoms with van der Waals surface area (Å²) in [5.74, 6) is 0.341. The van der Waals surface area contributed by atoms with Crippen LogP contribution in [0.2, 0.25) is 10.0 Å². The molecule has 1 aromatic carbocycles. The number of thiophene rings is 1. The second-order valence-electron chi connectivity index (χ2n) is 7.34. The van der Waals surface area contributed by atoms with Gasteiger partial charge in [0.25, 0.3) is 0 Å². The van der Waals surface area contributed by atoms with E-state index < -0.39 is 6.10 Å². The third-order valence-corrected chi connectivity index (χ3v) is 7.42. The third-order valence-electron chi connectivity index (χ3n) is 5.23. The predicted molar refractivity (Wildman–Crippen MR) is 120 cm³/mol. The number of aryl methyl sites for hydroxylation is 1. The Balaban J connectivity index is 1.62. The highest BCUT2D eigenvalue weighted by atomic mass is 35.5. The van der Waals surface area contributed by atoms with E-state index >= 15 is 0 Å². The fraction of sp³-hybridized carbons (Fsp3) is 0.409. The van der Waals surface area contributed by atoms with Crippen molar-refractivity contribution >= 4 is 58.0 Å². The first-order valence-electron chi connectivity index (χ1n) is 9.39. The Bertz CT molecular complexity index is 841. The van der Waals surface area contributed by atoms with E-state index in [1.807, 2.05) is 36.4 Å². The average molecular weight is 458 g/mol. The molecule has 2 aromatic rings. The quantitative estimate of drug-likeness (QED) is 0.363. The molecule has 0 bridgehead atoms. The number of hydrogen-bond acceptors (Lipinski definition) is 3. The van der Waals surface area contributed by atoms with Crippen molar-refractivity contribution in [1.82, 2.24) is 0 Å². The molecule has 0 saturated heterocycles. The van der Waals surface area contributed by atoms with E-state index in [9.17, 15) is 9.90 Å². The Kier molecular flexibility index (Phi) is 7.63. The molecule has 0 amide bonds. The molecule has 1 heterocycles. The van der Waals surface area contributed by atoms with Crippen molar-refractivity contribution in [2.75, 3.05) is 0 Å². The number of carbonyl (C=O) groups excluding carboxylic acids is 1. The second kappa shape index (κ2) is 9.77. The van der Waals surface area contributed by atoms with Crippen LogP contribution in [0.3, 0.4) is 0 Å². The van der Waals surface area contributed by atoms with Gasteiger partial charge in [0.15, 0.2) is 5.78 Å². The smallest absolute Gasteiger partial charge is 0.169 e. The number of ketones is 1. The van der Waals surface area contributed by atoms with Gasteiger partial charge in [0, 0.05) is 26.2 Å². The van der Waals surface area contributed by atoms with Gasteiger partial charge in [-0.1, -0.05) is 35.4 Å². The Labute approximate surface area is 185 Å². The van der Waals surface area contributed by atoms with Gasteiger partial charge in [-0.05, 0) is 74.4 Å². The van der Waals surface area contributed by atoms with Crippen LogP contribution in [0.1, 0.15) is 46.3 Å². The zero-order valence-electron chi connectivity index (χ0n) is 15.6. The number of halogens is 3. The van der Waals surface area contributed by atoms with E-state index in [1.165, 1.54) is 4.88 Å². The number of Topliss-reactive ketones (excluding diaryl/α,β-unsaturated/α-hetero) is 1. The lowest BCUT2D eigenvalue weighted by molar-refractivity contribution is 0.102. The van der Waals surface area contributed by atoms with Crippen molar-refractivity contribution < 1.29 is 9.90 Å². The normalized spacial score (nSPS) is 24.9. The van der Waals surface area contributed by atoms with Crippen LogP contribution < -0.4 is 0 Å². The molecule has 28 heavy (non-hydrogen) atoms. The zero-order chi connectivity index (χ0) is 20.3. The molecule has 2 nitrogen and oxygen atoms in total. The minimum Gasteiger partial charge on any atom is -0.392 e. The van der Waals surface area contributed by atoms with Crippen molar-refractivity contribution in [2.24, 2.45) is 11.8 Å². The molecule has 0 spiro atoms. The SMILES string of the molecule is CC(=O)c1ccc(CCC[C@@H]2[C@@H](/C=C/c3cc(Cl)cc(Cl)c3)[C@H](O)C[C@H]2Cl)s1. The number of aliphatic hydroxyl groups excluding tert-OH is 1. The molecule has 1 saturated carbocycles. The maximum atomic E-state index is 11.4. The first-order chi connectivity index (χ1) is 13.3. The standard InChI is InChI=1S/C22H23Cl3O2S/c1-13(26)22-8-6-17(28-22)3-2-4-18-19(21(27)12-20(18)25)7-5-14-9-15(23)11-16(24)10-14/h5-11,18-21,27H,2-4,12H2,1H3/b7-5+/t18-,19-,20-,21-/m1/s1. The van der Waals surface area contributed by atoms with E-state index in [2.05, 4.69) is 0 Å². The summed E-state index contributed by atoms with van der Waals surface area (Å²) >= 11 is 20.2. The van der Waals surface area contributed by atoms with Gasteiger partial charge in [-0.2, -0.15) is 0 Å². The lowest BCUT2D eigenvalue weighted by Crippen LogP contribution is -2.18. The Hall–Kier alpha value is -0.840. The molecule has 1 fully saturated rings. The minimum atomic E-state index is -0.440. The van der Waals surface area contributed by atoms with Crippen LogP contribution in [0.4, 0.5) is 0 Å². The number of alkyl halides is 1. The third kappa shape index (κ3) is 5.61. The maximum absolute atomic E-state index is 11.4. The average Bonchev–Trinajstić information content (AvgIpc) is 3.18. The maximum Gasteiger partial charge on any atom is 0.169 e. The zero-order valence-corrected chi connectivity index (χ0v) is 18.7. The molecule has 150 valence electrons. The van der Waals surface area contributed by atoms with Crippen LogP contribution in [-0.4, -0.2) is 22.4 Å². The number of hydrogen-bond donors (Lipinski definition) is 1. The summed E-state index contributed by atoms with van der Waals surface area (Å²) in [5.41, 5.74) is 0.914. The fourth-order valence-corrected chi connectivity index (χ4v) is 5.80. The number of rotatable bonds is 7. The van der Waals surface area contributed by atoms with Crippen LogP contribution >= 0.6 is 46.1 Å². The van der Waals surface area contributed by atoms with Crippen LogP contribution in [0.15, 0.2) is 36.4 Å². The van der Waals surface area contributed by atoms with Crippen molar-refractivity contribution in [1.29, 1.82) is 0 Å². The molecule has 1 aromatic heterocycles. The monoisotopic (exact) mass is 456 g/mol. The lowest BCUT2D eigenvalue weighted by Gasteiger charge is -2.20. The Morgan fingerprint density at radius 3 is 2.61 bits per heavy atom. The fourth-order valence-electron chi connectivity index (χ4n) is 3.84. The molecule has 1 aliphatic carbocycles. The number of carbonyl (C=O) groups is 1. The van der Waals surface area contributed by atoms with Crippen LogP contribution in [-0.2, 0) is 6.42 Å². The summed E-state index contributed by atoms with van der Waals surface area (Å²) in [6.45, 7) is 1.59. The van der Waals surface area contributed by atoms with Crippen LogP contribution in [0.5, 0.6) is 0 Å². The van der Waals surface area contributed by atoms with Gasteiger partial charge >= 0.3 is 0 Å². The summed E-state index contributed by atoms with van der Waals surface area (Å²) in [5, 5.41) is 11.6. The second-order valence-corrected chi connectivity index (χ2v) is 9.94. The number of benzene rings is 1. The van der Waals surface area contributed by atoms with Crippen molar-refractivity contribution in [3.63, 3.8) is 0 Å². The Morgan fingerprint density at radius 2 is 1.96 bits per heavy atom. The summed E-state index contributed by atoms with van der Waals surface area (Å²) in [7, 11) is 0. The highest BCUT2D eigenvalue weighted by Gasteiger charge is 2.39. The van der Waals surface area contributed by atoms with Gasteiger partial charge in [0.1, 0.15) is 0 Å². The molecular weight excluding hydrogens is 435 g/mol. The van der Waals surface area contributed by atoms with Crippen LogP contribution in [0, 0.1) is 11.8 Å². The summed E-state index contributed by atoms with van der Waals surface area (Å²) in [4.78, 5) is 13.5. The predicted octanol–water partition coefficient (Wildman–Crippen LogP) is 6.90. The van der Waals surface area contributed by atoms with Crippen molar-refractivity contribution in [2.45, 2.75) is 44.1 Å². The van der Waals surface area contributed by atoms with Gasteiger partial charge < -0.3 is 5.11 Å². The van der Waals surface area contributed by atoms with Gasteiger partial charge in [-0.15, -0.1) is 22.9 Å². The van der Waals surface area contributed by atoms with E-state index in [1.54, 1.807) is 24.3 Å². The first kappa shape index (κ1) is 21.9. The topological polar surface area (TPSA) is 37.3 Å². The largest absolute Gasteiger partial charge is 0.392 e. The molecule has 6 heteroatoms. The van der Waals surface area contributed by atoms with Crippen molar-refractivity contribution in [3.05, 3.63) is 61.8 Å². The molecular formula is C22H23Cl3O2S. The van der Waals surface area contributed by atoms with E-state index in [0.717, 1.165) is 29.7 Å². The Morgan fingerprint density at radius 1 is 1.25 bits per heavy atom. The first-order valence-corrected chi connectivity index (χ1v) is 11.4. The van der Waals surface area contributed by atoms with Gasteiger partial charge in [0.05, 0.1) is 11.0 Å². The molecule has 1 aliphatic rings. The minimum absolute atomic E-state index is 0.0105. The molecule has 3 rings (SSSR count). The van der Waals surface area contributed by atoms with E-state index in [-0.39, 0.29) is 23.0 Å². The summed E-state index contributed by atoms with van der Waals surface area (Å²) in [6, 6.07) is 9.32. The molecule has 0 aliphatic heterocycles. The highest BCUT2D eigenvalue weighted by Crippen LogP contribution is 2.40. The van der Waals surface area contributed by atoms with Gasteiger partial charge in [-0.25, -0.2) is 0 Å². The molecule has 4 atom stereocenters. The van der Waals surface area contributed by atoms with Gasteiger partial charge in [-0.3, -0.25) is 4.79 Å².